The van der Waals surface area contributed by atoms with E-state index in [1.807, 2.05) is 24.3 Å². The van der Waals surface area contributed by atoms with Gasteiger partial charge in [0.15, 0.2) is 0 Å². The van der Waals surface area contributed by atoms with Crippen LogP contribution in [0.4, 0.5) is 17.1 Å². The second-order valence-corrected chi connectivity index (χ2v) is 19.4. The topological polar surface area (TPSA) is 25.6 Å². The van der Waals surface area contributed by atoms with Crippen molar-refractivity contribution >= 4 is 39.0 Å². The Balaban J connectivity index is 0.974. The van der Waals surface area contributed by atoms with Gasteiger partial charge in [-0.2, -0.15) is 0 Å². The predicted molar refractivity (Wildman–Crippen MR) is 291 cm³/mol. The molecule has 0 saturated heterocycles. The van der Waals surface area contributed by atoms with E-state index in [1.54, 1.807) is 6.07 Å². The highest BCUT2D eigenvalue weighted by Gasteiger charge is 2.52. The molecule has 16 rings (SSSR count). The predicted octanol–water partition coefficient (Wildman–Crippen LogP) is 17.5. The molecule has 72 heavy (non-hydrogen) atoms. The van der Waals surface area contributed by atoms with Crippen molar-refractivity contribution in [2.75, 3.05) is 4.90 Å². The molecule has 336 valence electrons. The lowest BCUT2D eigenvalue weighted by atomic mass is 9.61. The highest BCUT2D eigenvalue weighted by atomic mass is 16.5. The minimum Gasteiger partial charge on any atom is -0.457 e. The van der Waals surface area contributed by atoms with Crippen LogP contribution < -0.4 is 9.64 Å². The second-order valence-electron chi connectivity index (χ2n) is 19.4. The molecule has 3 nitrogen and oxygen atoms in total. The standard InChI is InChI=1S/C69H43NO2/c1-2-17-43(18-3-1)49-24-16-25-54-55-40-46(35-37-64(55)72-67(49)54)70(47-34-33-45-39-44-19-4-9-26-56(44)68(62(45)41-47)57-27-10-5-20-50(57)51-21-6-11-28-58(51)68)48-36-38-66-63(42-48)69(61-31-14-15-32-65(61)71-66)59-29-12-7-22-52(59)53-23-8-13-30-60(53)69/h1-38,40-42H,39H2/i1D,2D,3D,17D,18D. The van der Waals surface area contributed by atoms with E-state index in [1.165, 1.54) is 66.8 Å². The Morgan fingerprint density at radius 2 is 0.875 bits per heavy atom. The molecule has 2 heterocycles. The average molecular weight is 923 g/mol. The molecule has 3 aliphatic carbocycles. The Kier molecular flexibility index (Phi) is 7.14. The van der Waals surface area contributed by atoms with E-state index < -0.39 is 29.0 Å². The minimum atomic E-state index is -0.704. The molecule has 3 heteroatoms. The van der Waals surface area contributed by atoms with E-state index in [4.69, 9.17) is 16.0 Å². The van der Waals surface area contributed by atoms with E-state index in [-0.39, 0.29) is 17.6 Å². The maximum atomic E-state index is 8.93. The molecule has 2 spiro atoms. The van der Waals surface area contributed by atoms with Crippen molar-refractivity contribution in [3.8, 4) is 44.9 Å². The molecule has 0 bridgehead atoms. The van der Waals surface area contributed by atoms with Gasteiger partial charge in [0.2, 0.25) is 0 Å². The number of para-hydroxylation sites is 2. The molecule has 0 saturated carbocycles. The molecule has 0 atom stereocenters. The van der Waals surface area contributed by atoms with Gasteiger partial charge in [0.05, 0.1) is 17.7 Å². The lowest BCUT2D eigenvalue weighted by Gasteiger charge is -2.41. The Hall–Kier alpha value is -9.18. The average Bonchev–Trinajstić information content (AvgIpc) is 4.30. The van der Waals surface area contributed by atoms with Gasteiger partial charge >= 0.3 is 0 Å². The van der Waals surface area contributed by atoms with Gasteiger partial charge in [-0.3, -0.25) is 0 Å². The SMILES string of the molecule is [2H]c1c([2H])c([2H])c(-c2cccc3c2oc2ccc(N(c4ccc5c(c4)C4(c6ccccc6C5)c5ccccc5-c5ccccc54)c4ccc5c(c4)C4(c6ccccc6O5)c5ccccc5-c5ccccc54)cc23)c([2H])c1[2H]. The second kappa shape index (κ2) is 14.7. The first-order valence-corrected chi connectivity index (χ1v) is 24.6. The molecule has 0 fully saturated rings. The van der Waals surface area contributed by atoms with Crippen LogP contribution >= 0.6 is 0 Å². The van der Waals surface area contributed by atoms with Crippen LogP contribution in [0.1, 0.15) is 62.5 Å². The van der Waals surface area contributed by atoms with E-state index >= 15 is 0 Å². The first-order valence-electron chi connectivity index (χ1n) is 27.1. The zero-order chi connectivity index (χ0) is 51.5. The first kappa shape index (κ1) is 35.0. The Morgan fingerprint density at radius 3 is 1.56 bits per heavy atom. The summed E-state index contributed by atoms with van der Waals surface area (Å²) in [6, 6.07) is 76.6. The van der Waals surface area contributed by atoms with Gasteiger partial charge in [-0.15, -0.1) is 0 Å². The summed E-state index contributed by atoms with van der Waals surface area (Å²) in [6.07, 6.45) is 0.790. The van der Waals surface area contributed by atoms with E-state index in [9.17, 15) is 0 Å². The molecule has 0 unspecified atom stereocenters. The number of ether oxygens (including phenoxy) is 1. The first-order chi connectivity index (χ1) is 37.8. The number of furan rings is 1. The van der Waals surface area contributed by atoms with E-state index in [0.717, 1.165) is 56.9 Å². The summed E-state index contributed by atoms with van der Waals surface area (Å²) in [4.78, 5) is 2.36. The molecule has 12 aromatic rings. The zero-order valence-electron chi connectivity index (χ0n) is 43.8. The van der Waals surface area contributed by atoms with Crippen LogP contribution in [0.5, 0.6) is 11.5 Å². The largest absolute Gasteiger partial charge is 0.457 e. The Morgan fingerprint density at radius 1 is 0.375 bits per heavy atom. The molecule has 0 N–H and O–H groups in total. The smallest absolute Gasteiger partial charge is 0.143 e. The number of hydrogen-bond acceptors (Lipinski definition) is 3. The van der Waals surface area contributed by atoms with Crippen molar-refractivity contribution in [2.24, 2.45) is 0 Å². The molecule has 11 aromatic carbocycles. The molecule has 1 aliphatic heterocycles. The van der Waals surface area contributed by atoms with Gasteiger partial charge in [-0.1, -0.05) is 194 Å². The molecule has 0 amide bonds. The van der Waals surface area contributed by atoms with Crippen molar-refractivity contribution in [1.82, 2.24) is 0 Å². The number of nitrogens with zero attached hydrogens (tertiary/aromatic N) is 1. The summed E-state index contributed by atoms with van der Waals surface area (Å²) >= 11 is 0. The fraction of sp³-hybridized carbons (Fsp3) is 0.0435. The van der Waals surface area contributed by atoms with Crippen LogP contribution in [-0.4, -0.2) is 0 Å². The molecule has 1 aromatic heterocycles. The van der Waals surface area contributed by atoms with Crippen molar-refractivity contribution in [3.63, 3.8) is 0 Å². The fourth-order valence-electron chi connectivity index (χ4n) is 13.4. The number of rotatable bonds is 4. The summed E-state index contributed by atoms with van der Waals surface area (Å²) in [6.45, 7) is 0. The molecular formula is C69H43NO2. The van der Waals surface area contributed by atoms with Gasteiger partial charge < -0.3 is 14.1 Å². The van der Waals surface area contributed by atoms with Crippen molar-refractivity contribution in [2.45, 2.75) is 17.3 Å². The monoisotopic (exact) mass is 922 g/mol. The lowest BCUT2D eigenvalue weighted by Crippen LogP contribution is -2.34. The van der Waals surface area contributed by atoms with Crippen LogP contribution in [0.2, 0.25) is 0 Å². The lowest BCUT2D eigenvalue weighted by molar-refractivity contribution is 0.436. The quantitative estimate of drug-likeness (QED) is 0.176. The maximum Gasteiger partial charge on any atom is 0.143 e. The van der Waals surface area contributed by atoms with Crippen LogP contribution in [-0.2, 0) is 17.3 Å². The molecule has 0 radical (unpaired) electrons. The van der Waals surface area contributed by atoms with Gasteiger partial charge in [0.1, 0.15) is 22.7 Å². The minimum absolute atomic E-state index is 0.101. The number of hydrogen-bond donors (Lipinski definition) is 0. The van der Waals surface area contributed by atoms with E-state index in [2.05, 4.69) is 193 Å². The summed E-state index contributed by atoms with van der Waals surface area (Å²) in [5.74, 6) is 1.62. The fourth-order valence-corrected chi connectivity index (χ4v) is 13.4. The third-order valence-corrected chi connectivity index (χ3v) is 16.1. The molecular weight excluding hydrogens is 875 g/mol. The number of anilines is 3. The van der Waals surface area contributed by atoms with Crippen molar-refractivity contribution in [3.05, 3.63) is 304 Å². The van der Waals surface area contributed by atoms with Crippen LogP contribution in [0, 0.1) is 0 Å². The summed E-state index contributed by atoms with van der Waals surface area (Å²) in [5.41, 5.74) is 20.1. The van der Waals surface area contributed by atoms with Crippen molar-refractivity contribution in [1.29, 1.82) is 0 Å². The highest BCUT2D eigenvalue weighted by Crippen LogP contribution is 2.64. The van der Waals surface area contributed by atoms with Gasteiger partial charge in [-0.25, -0.2) is 0 Å². The third-order valence-electron chi connectivity index (χ3n) is 16.1. The van der Waals surface area contributed by atoms with Gasteiger partial charge in [-0.05, 0) is 133 Å². The molecule has 4 aliphatic rings. The van der Waals surface area contributed by atoms with Gasteiger partial charge in [0.25, 0.3) is 0 Å². The van der Waals surface area contributed by atoms with E-state index in [0.29, 0.717) is 16.7 Å². The maximum absolute atomic E-state index is 8.93. The summed E-state index contributed by atoms with van der Waals surface area (Å²) in [5, 5.41) is 1.59. The number of benzene rings is 11. The Bertz CT molecular complexity index is 4260. The summed E-state index contributed by atoms with van der Waals surface area (Å²) < 4.78 is 56.9. The number of fused-ring (bicyclic) bond motifs is 21. The highest BCUT2D eigenvalue weighted by molar-refractivity contribution is 6.11. The van der Waals surface area contributed by atoms with Crippen LogP contribution in [0.3, 0.4) is 0 Å². The van der Waals surface area contributed by atoms with Crippen molar-refractivity contribution < 1.29 is 16.0 Å². The normalized spacial score (nSPS) is 15.4. The zero-order valence-corrected chi connectivity index (χ0v) is 38.8. The van der Waals surface area contributed by atoms with Crippen LogP contribution in [0.15, 0.2) is 253 Å². The Labute approximate surface area is 424 Å². The summed E-state index contributed by atoms with van der Waals surface area (Å²) in [7, 11) is 0. The van der Waals surface area contributed by atoms with Gasteiger partial charge in [0, 0.05) is 44.5 Å². The van der Waals surface area contributed by atoms with Crippen LogP contribution in [0.25, 0.3) is 55.3 Å². The third kappa shape index (κ3) is 5.14.